The van der Waals surface area contributed by atoms with E-state index in [1.807, 2.05) is 6.92 Å². The topological polar surface area (TPSA) is 50.9 Å². The fraction of sp³-hybridized carbons (Fsp3) is 0.750. The van der Waals surface area contributed by atoms with E-state index >= 15 is 0 Å². The predicted molar refractivity (Wildman–Crippen MR) is 70.9 cm³/mol. The highest BCUT2D eigenvalue weighted by Crippen LogP contribution is 2.10. The number of nitrogens with one attached hydrogen (secondary N) is 1. The lowest BCUT2D eigenvalue weighted by Gasteiger charge is -2.26. The van der Waals surface area contributed by atoms with Crippen LogP contribution in [0.2, 0.25) is 0 Å². The summed E-state index contributed by atoms with van der Waals surface area (Å²) in [4.78, 5) is 4.43. The normalized spacial score (nSPS) is 12.0. The van der Waals surface area contributed by atoms with Crippen LogP contribution in [0.25, 0.3) is 0 Å². The molecule has 1 heterocycles. The first-order valence-corrected chi connectivity index (χ1v) is 6.88. The third-order valence-electron chi connectivity index (χ3n) is 3.11. The summed E-state index contributed by atoms with van der Waals surface area (Å²) in [7, 11) is 0. The Kier molecular flexibility index (Phi) is 5.38. The van der Waals surface area contributed by atoms with Crippen molar-refractivity contribution in [2.24, 2.45) is 5.73 Å². The van der Waals surface area contributed by atoms with Crippen LogP contribution in [0.15, 0.2) is 5.38 Å². The van der Waals surface area contributed by atoms with Gasteiger partial charge in [-0.05, 0) is 19.8 Å². The molecule has 0 aliphatic carbocycles. The lowest BCUT2D eigenvalue weighted by Crippen LogP contribution is -2.48. The number of hydrogen-bond acceptors (Lipinski definition) is 4. The number of nitrogens with two attached hydrogens (primary N) is 1. The van der Waals surface area contributed by atoms with Gasteiger partial charge in [0.25, 0.3) is 0 Å². The molecule has 92 valence electrons. The Hall–Kier alpha value is -0.450. The predicted octanol–water partition coefficient (Wildman–Crippen LogP) is 2.10. The molecule has 1 aromatic rings. The maximum absolute atomic E-state index is 6.20. The second kappa shape index (κ2) is 6.33. The molecule has 0 fully saturated rings. The Balaban J connectivity index is 2.21. The average molecular weight is 241 g/mol. The van der Waals surface area contributed by atoms with E-state index in [0.717, 1.165) is 37.4 Å². The van der Waals surface area contributed by atoms with Gasteiger partial charge in [-0.2, -0.15) is 0 Å². The maximum atomic E-state index is 6.20. The van der Waals surface area contributed by atoms with Crippen molar-refractivity contribution in [1.29, 1.82) is 0 Å². The molecule has 0 saturated heterocycles. The van der Waals surface area contributed by atoms with E-state index in [0.29, 0.717) is 0 Å². The molecule has 0 aliphatic rings. The molecule has 0 aromatic carbocycles. The van der Waals surface area contributed by atoms with Crippen LogP contribution in [0, 0.1) is 6.92 Å². The molecule has 1 aromatic heterocycles. The third-order valence-corrected chi connectivity index (χ3v) is 3.93. The van der Waals surface area contributed by atoms with Crippen LogP contribution in [0.3, 0.4) is 0 Å². The van der Waals surface area contributed by atoms with Crippen LogP contribution in [0.4, 0.5) is 0 Å². The minimum absolute atomic E-state index is 0.0437. The largest absolute Gasteiger partial charge is 0.324 e. The number of aryl methyl sites for hydroxylation is 1. The van der Waals surface area contributed by atoms with Crippen LogP contribution in [0.1, 0.15) is 37.4 Å². The van der Waals surface area contributed by atoms with E-state index in [9.17, 15) is 0 Å². The van der Waals surface area contributed by atoms with Crippen molar-refractivity contribution in [2.45, 2.75) is 45.6 Å². The molecule has 0 bridgehead atoms. The van der Waals surface area contributed by atoms with Crippen LogP contribution in [-0.4, -0.2) is 23.6 Å². The van der Waals surface area contributed by atoms with Gasteiger partial charge in [-0.25, -0.2) is 4.98 Å². The third kappa shape index (κ3) is 4.20. The Morgan fingerprint density at radius 1 is 1.44 bits per heavy atom. The van der Waals surface area contributed by atoms with Crippen molar-refractivity contribution in [3.63, 3.8) is 0 Å². The fourth-order valence-corrected chi connectivity index (χ4v) is 2.22. The van der Waals surface area contributed by atoms with Gasteiger partial charge in [0.1, 0.15) is 0 Å². The Bertz CT molecular complexity index is 305. The molecule has 3 N–H and O–H groups in total. The van der Waals surface area contributed by atoms with E-state index in [1.165, 1.54) is 5.69 Å². The highest BCUT2D eigenvalue weighted by Gasteiger charge is 2.18. The van der Waals surface area contributed by atoms with Crippen LogP contribution in [0.5, 0.6) is 0 Å². The van der Waals surface area contributed by atoms with Gasteiger partial charge in [0.2, 0.25) is 0 Å². The highest BCUT2D eigenvalue weighted by atomic mass is 32.1. The summed E-state index contributed by atoms with van der Waals surface area (Å²) in [6.45, 7) is 8.19. The summed E-state index contributed by atoms with van der Waals surface area (Å²) in [5.74, 6) is 0. The minimum Gasteiger partial charge on any atom is -0.324 e. The Morgan fingerprint density at radius 3 is 2.62 bits per heavy atom. The van der Waals surface area contributed by atoms with Crippen molar-refractivity contribution in [3.8, 4) is 0 Å². The summed E-state index contributed by atoms with van der Waals surface area (Å²) < 4.78 is 0. The smallest absolute Gasteiger partial charge is 0.0897 e. The first-order valence-electron chi connectivity index (χ1n) is 6.00. The number of aromatic nitrogens is 1. The first-order chi connectivity index (χ1) is 7.59. The molecule has 0 atom stereocenters. The van der Waals surface area contributed by atoms with E-state index in [1.54, 1.807) is 11.3 Å². The molecule has 0 radical (unpaired) electrons. The molecular weight excluding hydrogens is 218 g/mol. The van der Waals surface area contributed by atoms with Crippen molar-refractivity contribution in [3.05, 3.63) is 16.1 Å². The van der Waals surface area contributed by atoms with E-state index < -0.39 is 0 Å². The quantitative estimate of drug-likeness (QED) is 0.719. The van der Waals surface area contributed by atoms with E-state index in [2.05, 4.69) is 29.5 Å². The molecule has 1 rings (SSSR count). The fourth-order valence-electron chi connectivity index (χ4n) is 1.58. The van der Waals surface area contributed by atoms with E-state index in [-0.39, 0.29) is 5.54 Å². The molecule has 0 unspecified atom stereocenters. The maximum Gasteiger partial charge on any atom is 0.0897 e. The standard InChI is InChI=1S/C12H23N3S/c1-4-12(13,5-2)9-14-7-6-11-8-16-10(3)15-11/h8,14H,4-7,9,13H2,1-3H3. The van der Waals surface area contributed by atoms with Gasteiger partial charge in [-0.1, -0.05) is 13.8 Å². The van der Waals surface area contributed by atoms with Gasteiger partial charge in [-0.15, -0.1) is 11.3 Å². The van der Waals surface area contributed by atoms with Gasteiger partial charge in [-0.3, -0.25) is 0 Å². The number of rotatable bonds is 7. The molecule has 16 heavy (non-hydrogen) atoms. The number of hydrogen-bond donors (Lipinski definition) is 2. The summed E-state index contributed by atoms with van der Waals surface area (Å²) >= 11 is 1.71. The van der Waals surface area contributed by atoms with Crippen molar-refractivity contribution < 1.29 is 0 Å². The average Bonchev–Trinajstić information content (AvgIpc) is 2.70. The van der Waals surface area contributed by atoms with Crippen LogP contribution >= 0.6 is 11.3 Å². The second-order valence-electron chi connectivity index (χ2n) is 4.35. The van der Waals surface area contributed by atoms with Crippen LogP contribution < -0.4 is 11.1 Å². The summed E-state index contributed by atoms with van der Waals surface area (Å²) in [5, 5.41) is 6.70. The zero-order valence-electron chi connectivity index (χ0n) is 10.5. The summed E-state index contributed by atoms with van der Waals surface area (Å²) in [6, 6.07) is 0. The second-order valence-corrected chi connectivity index (χ2v) is 5.42. The molecule has 0 saturated carbocycles. The van der Waals surface area contributed by atoms with Crippen molar-refractivity contribution in [1.82, 2.24) is 10.3 Å². The first kappa shape index (κ1) is 13.6. The van der Waals surface area contributed by atoms with Crippen molar-refractivity contribution in [2.75, 3.05) is 13.1 Å². The van der Waals surface area contributed by atoms with Gasteiger partial charge in [0.15, 0.2) is 0 Å². The monoisotopic (exact) mass is 241 g/mol. The van der Waals surface area contributed by atoms with Crippen LogP contribution in [-0.2, 0) is 6.42 Å². The zero-order valence-corrected chi connectivity index (χ0v) is 11.4. The SMILES string of the molecule is CCC(N)(CC)CNCCc1csc(C)n1. The highest BCUT2D eigenvalue weighted by molar-refractivity contribution is 7.09. The van der Waals surface area contributed by atoms with E-state index in [4.69, 9.17) is 5.73 Å². The number of nitrogens with zero attached hydrogens (tertiary/aromatic N) is 1. The number of thiazole rings is 1. The van der Waals surface area contributed by atoms with Gasteiger partial charge in [0.05, 0.1) is 10.7 Å². The van der Waals surface area contributed by atoms with Gasteiger partial charge < -0.3 is 11.1 Å². The molecule has 4 heteroatoms. The van der Waals surface area contributed by atoms with Crippen molar-refractivity contribution >= 4 is 11.3 Å². The lowest BCUT2D eigenvalue weighted by molar-refractivity contribution is 0.371. The Labute approximate surface area is 102 Å². The minimum atomic E-state index is -0.0437. The zero-order chi connectivity index (χ0) is 12.0. The summed E-state index contributed by atoms with van der Waals surface area (Å²) in [5.41, 5.74) is 7.35. The summed E-state index contributed by atoms with van der Waals surface area (Å²) in [6.07, 6.45) is 3.03. The Morgan fingerprint density at radius 2 is 2.12 bits per heavy atom. The molecule has 3 nitrogen and oxygen atoms in total. The molecule has 0 amide bonds. The molecule has 0 aliphatic heterocycles. The lowest BCUT2D eigenvalue weighted by atomic mass is 9.94. The molecule has 0 spiro atoms. The van der Waals surface area contributed by atoms with Gasteiger partial charge in [0, 0.05) is 30.4 Å². The van der Waals surface area contributed by atoms with Gasteiger partial charge >= 0.3 is 0 Å². The molecular formula is C12H23N3S.